The largest absolute Gasteiger partial charge is 0.411 e. The van der Waals surface area contributed by atoms with Crippen molar-refractivity contribution in [3.63, 3.8) is 0 Å². The van der Waals surface area contributed by atoms with Crippen molar-refractivity contribution in [2.75, 3.05) is 0 Å². The SMILES string of the molecule is O/N=C1\CC2CC3CC(C2)CC1C3. The van der Waals surface area contributed by atoms with Crippen molar-refractivity contribution in [1.82, 2.24) is 0 Å². The summed E-state index contributed by atoms with van der Waals surface area (Å²) < 4.78 is 0. The highest BCUT2D eigenvalue weighted by Gasteiger charge is 2.42. The van der Waals surface area contributed by atoms with Crippen molar-refractivity contribution in [3.05, 3.63) is 0 Å². The predicted molar refractivity (Wildman–Crippen MR) is 50.9 cm³/mol. The van der Waals surface area contributed by atoms with Crippen LogP contribution in [-0.4, -0.2) is 10.9 Å². The van der Waals surface area contributed by atoms with Crippen molar-refractivity contribution >= 4 is 5.71 Å². The maximum Gasteiger partial charge on any atom is 0.0604 e. The van der Waals surface area contributed by atoms with Gasteiger partial charge in [-0.25, -0.2) is 0 Å². The molecule has 2 atom stereocenters. The Balaban J connectivity index is 1.95. The zero-order valence-corrected chi connectivity index (χ0v) is 7.95. The van der Waals surface area contributed by atoms with E-state index in [1.54, 1.807) is 0 Å². The molecule has 2 heteroatoms. The van der Waals surface area contributed by atoms with Crippen LogP contribution < -0.4 is 0 Å². The second-order valence-corrected chi connectivity index (χ2v) is 5.27. The third-order valence-corrected chi connectivity index (χ3v) is 4.33. The number of nitrogens with zero attached hydrogens (tertiary/aromatic N) is 1. The van der Waals surface area contributed by atoms with Crippen LogP contribution in [0.1, 0.15) is 38.5 Å². The van der Waals surface area contributed by atoms with Gasteiger partial charge in [0.05, 0.1) is 5.71 Å². The fraction of sp³-hybridized carbons (Fsp3) is 0.909. The first-order valence-corrected chi connectivity index (χ1v) is 5.56. The van der Waals surface area contributed by atoms with Crippen LogP contribution in [0, 0.1) is 23.7 Å². The predicted octanol–water partition coefficient (Wildman–Crippen LogP) is 2.66. The fourth-order valence-electron chi connectivity index (χ4n) is 4.01. The van der Waals surface area contributed by atoms with Crippen LogP contribution in [0.3, 0.4) is 0 Å². The molecule has 0 aromatic carbocycles. The average Bonchev–Trinajstić information content (AvgIpc) is 2.29. The van der Waals surface area contributed by atoms with E-state index in [4.69, 9.17) is 5.21 Å². The van der Waals surface area contributed by atoms with Crippen molar-refractivity contribution < 1.29 is 5.21 Å². The first-order valence-electron chi connectivity index (χ1n) is 5.56. The van der Waals surface area contributed by atoms with Gasteiger partial charge < -0.3 is 5.21 Å². The molecule has 0 radical (unpaired) electrons. The van der Waals surface area contributed by atoms with Crippen molar-refractivity contribution in [3.8, 4) is 0 Å². The molecule has 2 nitrogen and oxygen atoms in total. The molecular formula is C11H17NO. The molecule has 0 spiro atoms. The molecule has 0 heterocycles. The quantitative estimate of drug-likeness (QED) is 0.450. The molecule has 0 aliphatic heterocycles. The van der Waals surface area contributed by atoms with Gasteiger partial charge in [0.15, 0.2) is 0 Å². The molecule has 13 heavy (non-hydrogen) atoms. The van der Waals surface area contributed by atoms with Gasteiger partial charge in [0.25, 0.3) is 0 Å². The number of rotatable bonds is 0. The lowest BCUT2D eigenvalue weighted by atomic mass is 9.68. The Morgan fingerprint density at radius 3 is 2.15 bits per heavy atom. The highest BCUT2D eigenvalue weighted by atomic mass is 16.4. The highest BCUT2D eigenvalue weighted by Crippen LogP contribution is 2.50. The van der Waals surface area contributed by atoms with E-state index < -0.39 is 0 Å². The first kappa shape index (κ1) is 7.84. The van der Waals surface area contributed by atoms with Gasteiger partial charge in [0, 0.05) is 5.92 Å². The topological polar surface area (TPSA) is 32.6 Å². The van der Waals surface area contributed by atoms with Gasteiger partial charge in [0.1, 0.15) is 0 Å². The maximum absolute atomic E-state index is 8.95. The summed E-state index contributed by atoms with van der Waals surface area (Å²) in [7, 11) is 0. The van der Waals surface area contributed by atoms with Gasteiger partial charge in [-0.3, -0.25) is 0 Å². The summed E-state index contributed by atoms with van der Waals surface area (Å²) in [4.78, 5) is 0. The Kier molecular flexibility index (Phi) is 1.64. The average molecular weight is 179 g/mol. The summed E-state index contributed by atoms with van der Waals surface area (Å²) in [5.74, 6) is 3.41. The van der Waals surface area contributed by atoms with E-state index in [-0.39, 0.29) is 0 Å². The van der Waals surface area contributed by atoms with Crippen molar-refractivity contribution in [2.24, 2.45) is 28.8 Å². The lowest BCUT2D eigenvalue weighted by Gasteiger charge is -2.37. The lowest BCUT2D eigenvalue weighted by molar-refractivity contribution is 0.139. The number of fused-ring (bicyclic) bond motifs is 1. The number of hydrogen-bond acceptors (Lipinski definition) is 2. The van der Waals surface area contributed by atoms with Crippen LogP contribution in [0.4, 0.5) is 0 Å². The van der Waals surface area contributed by atoms with E-state index in [9.17, 15) is 0 Å². The Hall–Kier alpha value is -0.530. The van der Waals surface area contributed by atoms with Crippen LogP contribution in [0.25, 0.3) is 0 Å². The van der Waals surface area contributed by atoms with Gasteiger partial charge in [-0.2, -0.15) is 0 Å². The third-order valence-electron chi connectivity index (χ3n) is 4.33. The van der Waals surface area contributed by atoms with Crippen LogP contribution in [-0.2, 0) is 0 Å². The van der Waals surface area contributed by atoms with E-state index >= 15 is 0 Å². The summed E-state index contributed by atoms with van der Waals surface area (Å²) >= 11 is 0. The van der Waals surface area contributed by atoms with Crippen LogP contribution in [0.2, 0.25) is 0 Å². The Bertz CT molecular complexity index is 234. The molecule has 72 valence electrons. The van der Waals surface area contributed by atoms with Crippen LogP contribution >= 0.6 is 0 Å². The van der Waals surface area contributed by atoms with Crippen molar-refractivity contribution in [2.45, 2.75) is 38.5 Å². The molecule has 0 saturated heterocycles. The number of hydrogen-bond donors (Lipinski definition) is 1. The lowest BCUT2D eigenvalue weighted by Crippen LogP contribution is -2.28. The van der Waals surface area contributed by atoms with E-state index in [0.717, 1.165) is 29.9 Å². The van der Waals surface area contributed by atoms with E-state index in [0.29, 0.717) is 5.92 Å². The highest BCUT2D eigenvalue weighted by molar-refractivity contribution is 5.87. The fourth-order valence-corrected chi connectivity index (χ4v) is 4.01. The number of oxime groups is 1. The Morgan fingerprint density at radius 1 is 0.923 bits per heavy atom. The molecular weight excluding hydrogens is 162 g/mol. The molecule has 4 aliphatic rings. The van der Waals surface area contributed by atoms with Gasteiger partial charge in [-0.05, 0) is 56.3 Å². The zero-order chi connectivity index (χ0) is 8.84. The Labute approximate surface area is 79.0 Å². The molecule has 2 unspecified atom stereocenters. The Morgan fingerprint density at radius 2 is 1.54 bits per heavy atom. The van der Waals surface area contributed by atoms with Gasteiger partial charge >= 0.3 is 0 Å². The first-order chi connectivity index (χ1) is 6.35. The van der Waals surface area contributed by atoms with Crippen LogP contribution in [0.5, 0.6) is 0 Å². The van der Waals surface area contributed by atoms with E-state index in [2.05, 4.69) is 5.16 Å². The minimum absolute atomic E-state index is 0.640. The van der Waals surface area contributed by atoms with Gasteiger partial charge in [-0.1, -0.05) is 5.16 Å². The standard InChI is InChI=1S/C11H17NO/c13-12-11-6-9-2-7-1-8(3-9)5-10(11)4-7/h7-10,13H,1-6H2/b12-11+. The summed E-state index contributed by atoms with van der Waals surface area (Å²) in [6, 6.07) is 0. The molecule has 0 aromatic heterocycles. The second-order valence-electron chi connectivity index (χ2n) is 5.27. The zero-order valence-electron chi connectivity index (χ0n) is 7.95. The summed E-state index contributed by atoms with van der Waals surface area (Å²) in [5, 5.41) is 12.5. The van der Waals surface area contributed by atoms with E-state index in [1.165, 1.54) is 32.1 Å². The van der Waals surface area contributed by atoms with Gasteiger partial charge in [0.2, 0.25) is 0 Å². The third kappa shape index (κ3) is 1.18. The minimum Gasteiger partial charge on any atom is -0.411 e. The molecule has 0 aromatic rings. The smallest absolute Gasteiger partial charge is 0.0604 e. The second kappa shape index (κ2) is 2.73. The molecule has 4 fully saturated rings. The van der Waals surface area contributed by atoms with E-state index in [1.807, 2.05) is 0 Å². The van der Waals surface area contributed by atoms with Crippen LogP contribution in [0.15, 0.2) is 5.16 Å². The molecule has 0 amide bonds. The normalized spacial score (nSPS) is 51.2. The van der Waals surface area contributed by atoms with Gasteiger partial charge in [-0.15, -0.1) is 0 Å². The monoisotopic (exact) mass is 179 g/mol. The summed E-state index contributed by atoms with van der Waals surface area (Å²) in [6.07, 6.45) is 8.00. The molecule has 1 N–H and O–H groups in total. The van der Waals surface area contributed by atoms with Crippen molar-refractivity contribution in [1.29, 1.82) is 0 Å². The minimum atomic E-state index is 0.640. The molecule has 4 rings (SSSR count). The summed E-state index contributed by atoms with van der Waals surface area (Å²) in [5.41, 5.74) is 1.12. The molecule has 4 bridgehead atoms. The maximum atomic E-state index is 8.95. The summed E-state index contributed by atoms with van der Waals surface area (Å²) in [6.45, 7) is 0. The molecule has 4 aliphatic carbocycles. The molecule has 4 saturated carbocycles.